The van der Waals surface area contributed by atoms with Crippen LogP contribution >= 0.6 is 20.5 Å². The predicted octanol–water partition coefficient (Wildman–Crippen LogP) is 6.32. The molecular weight excluding hydrogens is 368 g/mol. The summed E-state index contributed by atoms with van der Waals surface area (Å²) in [6.07, 6.45) is 0. The molecule has 0 bridgehead atoms. The van der Waals surface area contributed by atoms with Gasteiger partial charge in [0.15, 0.2) is 0 Å². The Morgan fingerprint density at radius 1 is 0.440 bits per heavy atom. The van der Waals surface area contributed by atoms with Crippen LogP contribution in [0, 0.1) is 0 Å². The molecule has 0 aromatic heterocycles. The van der Waals surface area contributed by atoms with Crippen LogP contribution in [-0.2, 0) is 13.3 Å². The summed E-state index contributed by atoms with van der Waals surface area (Å²) in [5.41, 5.74) is 1.35. The molecule has 7 heteroatoms. The van der Waals surface area contributed by atoms with Crippen molar-refractivity contribution in [1.82, 2.24) is 0 Å². The van der Waals surface area contributed by atoms with Crippen molar-refractivity contribution in [2.45, 2.75) is 58.5 Å². The minimum atomic E-state index is -2.37. The number of rotatable bonds is 9. The van der Waals surface area contributed by atoms with Gasteiger partial charge < -0.3 is 0 Å². The Kier molecular flexibility index (Phi) is 7.28. The molecule has 3 nitrogen and oxygen atoms in total. The number of hydrogen-bond acceptors (Lipinski definition) is 3. The van der Waals surface area contributed by atoms with E-state index in [0.717, 1.165) is 0 Å². The van der Waals surface area contributed by atoms with Crippen LogP contribution in [0.5, 0.6) is 0 Å². The van der Waals surface area contributed by atoms with Crippen molar-refractivity contribution in [2.75, 3.05) is 60.0 Å². The van der Waals surface area contributed by atoms with E-state index in [1.54, 1.807) is 0 Å². The topological polar surface area (TPSA) is 27.7 Å². The van der Waals surface area contributed by atoms with Crippen molar-refractivity contribution in [1.29, 1.82) is 0 Å². The van der Waals surface area contributed by atoms with Crippen LogP contribution in [-0.4, -0.2) is 84.3 Å². The van der Waals surface area contributed by atoms with Gasteiger partial charge in [-0.15, -0.1) is 0 Å². The van der Waals surface area contributed by atoms with Crippen LogP contribution < -0.4 is 0 Å². The molecule has 0 aliphatic rings. The average molecular weight is 416 g/mol. The van der Waals surface area contributed by atoms with Crippen LogP contribution in [0.1, 0.15) is 41.5 Å². The Labute approximate surface area is 159 Å². The molecule has 0 saturated heterocycles. The van der Waals surface area contributed by atoms with E-state index in [1.165, 1.54) is 0 Å². The standard InChI is InChI=1S/C18H48BO3P3/c1-16(2)23(7,8,9)20-19(21-24(10,11,12)17(3)4)22-25(13,14,15)18(5)6/h16-18H,1-15H3. The summed E-state index contributed by atoms with van der Waals surface area (Å²) < 4.78 is 20.2. The Morgan fingerprint density at radius 3 is 0.720 bits per heavy atom. The van der Waals surface area contributed by atoms with E-state index in [0.29, 0.717) is 17.0 Å². The molecule has 156 valence electrons. The fourth-order valence-corrected chi connectivity index (χ4v) is 4.39. The third kappa shape index (κ3) is 7.29. The van der Waals surface area contributed by atoms with Gasteiger partial charge in [0.2, 0.25) is 0 Å². The molecule has 0 aliphatic heterocycles. The van der Waals surface area contributed by atoms with Gasteiger partial charge in [-0.05, 0) is 0 Å². The van der Waals surface area contributed by atoms with Crippen LogP contribution in [0.25, 0.3) is 0 Å². The Hall–Kier alpha value is 1.23. The van der Waals surface area contributed by atoms with Crippen LogP contribution in [0.15, 0.2) is 0 Å². The molecular formula is C18H48BO3P3. The second-order valence-corrected chi connectivity index (χ2v) is 32.5. The summed E-state index contributed by atoms with van der Waals surface area (Å²) in [5, 5.41) is 0. The van der Waals surface area contributed by atoms with Crippen molar-refractivity contribution in [3.8, 4) is 0 Å². The van der Waals surface area contributed by atoms with E-state index in [9.17, 15) is 0 Å². The van der Waals surface area contributed by atoms with Crippen LogP contribution in [0.3, 0.4) is 0 Å². The van der Waals surface area contributed by atoms with Crippen LogP contribution in [0.2, 0.25) is 0 Å². The second kappa shape index (κ2) is 6.93. The van der Waals surface area contributed by atoms with Gasteiger partial charge in [-0.1, -0.05) is 0 Å². The van der Waals surface area contributed by atoms with Crippen molar-refractivity contribution < 1.29 is 13.3 Å². The van der Waals surface area contributed by atoms with Gasteiger partial charge in [-0.2, -0.15) is 0 Å². The third-order valence-electron chi connectivity index (χ3n) is 6.67. The molecule has 0 aromatic carbocycles. The van der Waals surface area contributed by atoms with E-state index >= 15 is 0 Å². The van der Waals surface area contributed by atoms with Gasteiger partial charge >= 0.3 is 160 Å². The SMILES string of the molecule is CC(C)P(C)(C)(C)OB(OP(C)(C)(C)C(C)C)OP(C)(C)(C)C(C)C. The van der Waals surface area contributed by atoms with E-state index in [4.69, 9.17) is 13.3 Å². The van der Waals surface area contributed by atoms with Gasteiger partial charge in [-0.25, -0.2) is 0 Å². The van der Waals surface area contributed by atoms with E-state index in [1.807, 2.05) is 0 Å². The van der Waals surface area contributed by atoms with Gasteiger partial charge in [0.1, 0.15) is 0 Å². The molecule has 0 radical (unpaired) electrons. The third-order valence-corrected chi connectivity index (χ3v) is 20.0. The zero-order valence-corrected chi connectivity index (χ0v) is 22.6. The monoisotopic (exact) mass is 416 g/mol. The Bertz CT molecular complexity index is 406. The fourth-order valence-electron chi connectivity index (χ4n) is 1.35. The molecule has 0 atom stereocenters. The number of hydrogen-bond donors (Lipinski definition) is 0. The van der Waals surface area contributed by atoms with E-state index < -0.39 is 27.8 Å². The van der Waals surface area contributed by atoms with Gasteiger partial charge in [0.05, 0.1) is 0 Å². The summed E-state index contributed by atoms with van der Waals surface area (Å²) in [6.45, 7) is 26.8. The average Bonchev–Trinajstić information content (AvgIpc) is 2.22. The molecule has 0 aromatic rings. The summed E-state index contributed by atoms with van der Waals surface area (Å²) >= 11 is 0. The maximum absolute atomic E-state index is 6.74. The Balaban J connectivity index is 5.95. The first-order chi connectivity index (χ1) is 10.4. The maximum atomic E-state index is 6.74. The van der Waals surface area contributed by atoms with Crippen molar-refractivity contribution in [3.05, 3.63) is 0 Å². The summed E-state index contributed by atoms with van der Waals surface area (Å²) in [7, 11) is -0.597. The predicted molar refractivity (Wildman–Crippen MR) is 128 cm³/mol. The first-order valence-electron chi connectivity index (χ1n) is 9.52. The fraction of sp³-hybridized carbons (Fsp3) is 1.00. The summed E-state index contributed by atoms with van der Waals surface area (Å²) in [6, 6.07) is 0. The van der Waals surface area contributed by atoms with Crippen molar-refractivity contribution in [2.24, 2.45) is 0 Å². The zero-order valence-electron chi connectivity index (χ0n) is 19.9. The van der Waals surface area contributed by atoms with Gasteiger partial charge in [-0.3, -0.25) is 0 Å². The molecule has 0 rings (SSSR count). The molecule has 0 unspecified atom stereocenters. The summed E-state index contributed by atoms with van der Waals surface area (Å²) in [5.74, 6) is 0. The first kappa shape index (κ1) is 26.2. The van der Waals surface area contributed by atoms with Gasteiger partial charge in [0.25, 0.3) is 0 Å². The summed E-state index contributed by atoms with van der Waals surface area (Å²) in [4.78, 5) is 0. The minimum absolute atomic E-state index is 0.451. The van der Waals surface area contributed by atoms with E-state index in [-0.39, 0.29) is 0 Å². The molecule has 0 heterocycles. The van der Waals surface area contributed by atoms with Crippen LogP contribution in [0.4, 0.5) is 0 Å². The normalized spacial score (nSPS) is 19.2. The van der Waals surface area contributed by atoms with Crippen molar-refractivity contribution >= 4 is 27.8 Å². The van der Waals surface area contributed by atoms with Crippen molar-refractivity contribution in [3.63, 3.8) is 0 Å². The Morgan fingerprint density at radius 2 is 0.600 bits per heavy atom. The molecule has 25 heavy (non-hydrogen) atoms. The quantitative estimate of drug-likeness (QED) is 0.325. The van der Waals surface area contributed by atoms with E-state index in [2.05, 4.69) is 102 Å². The molecule has 0 N–H and O–H groups in total. The zero-order chi connectivity index (χ0) is 20.8. The molecule has 0 fully saturated rings. The first-order valence-corrected chi connectivity index (χ1v) is 20.2. The molecule has 0 saturated carbocycles. The van der Waals surface area contributed by atoms with Gasteiger partial charge in [0, 0.05) is 0 Å². The molecule has 0 aliphatic carbocycles. The molecule has 0 amide bonds. The molecule has 0 spiro atoms. The second-order valence-electron chi connectivity index (χ2n) is 12.2.